The van der Waals surface area contributed by atoms with Gasteiger partial charge in [0.05, 0.1) is 0 Å². The Morgan fingerprint density at radius 3 is 2.80 bits per heavy atom. The van der Waals surface area contributed by atoms with E-state index in [0.29, 0.717) is 6.04 Å². The molecule has 2 fully saturated rings. The van der Waals surface area contributed by atoms with Crippen molar-refractivity contribution in [3.05, 3.63) is 35.6 Å². The third-order valence-corrected chi connectivity index (χ3v) is 5.15. The molecule has 4 nitrogen and oxygen atoms in total. The van der Waals surface area contributed by atoms with E-state index in [1.165, 1.54) is 38.4 Å². The van der Waals surface area contributed by atoms with Gasteiger partial charge in [-0.1, -0.05) is 12.1 Å². The van der Waals surface area contributed by atoms with Gasteiger partial charge in [0, 0.05) is 32.7 Å². The van der Waals surface area contributed by atoms with Crippen molar-refractivity contribution in [3.63, 3.8) is 0 Å². The highest BCUT2D eigenvalue weighted by Crippen LogP contribution is 2.20. The molecule has 2 heterocycles. The van der Waals surface area contributed by atoms with Crippen molar-refractivity contribution in [2.45, 2.75) is 38.1 Å². The number of nitrogens with zero attached hydrogens (tertiary/aromatic N) is 3. The minimum absolute atomic E-state index is 0. The first-order valence-corrected chi connectivity index (χ1v) is 9.20. The lowest BCUT2D eigenvalue weighted by Gasteiger charge is -2.25. The molecule has 1 aromatic carbocycles. The van der Waals surface area contributed by atoms with Crippen LogP contribution in [0.3, 0.4) is 0 Å². The minimum atomic E-state index is -0.152. The third-order valence-electron chi connectivity index (χ3n) is 5.15. The molecule has 0 aromatic heterocycles. The second kappa shape index (κ2) is 10.3. The van der Waals surface area contributed by atoms with E-state index in [-0.39, 0.29) is 29.8 Å². The van der Waals surface area contributed by atoms with Crippen LogP contribution in [-0.2, 0) is 6.42 Å². The number of guanidine groups is 1. The number of nitrogens with one attached hydrogen (secondary N) is 1. The van der Waals surface area contributed by atoms with Crippen LogP contribution in [-0.4, -0.2) is 61.6 Å². The monoisotopic (exact) mass is 460 g/mol. The molecule has 0 amide bonds. The Kier molecular flexibility index (Phi) is 8.42. The molecule has 0 saturated carbocycles. The molecular formula is C19H30FIN4. The molecule has 3 rings (SSSR count). The number of rotatable bonds is 5. The molecule has 140 valence electrons. The molecular weight excluding hydrogens is 430 g/mol. The van der Waals surface area contributed by atoms with E-state index >= 15 is 0 Å². The summed E-state index contributed by atoms with van der Waals surface area (Å²) in [4.78, 5) is 9.46. The van der Waals surface area contributed by atoms with Crippen LogP contribution in [0.1, 0.15) is 31.2 Å². The van der Waals surface area contributed by atoms with Gasteiger partial charge in [0.2, 0.25) is 0 Å². The van der Waals surface area contributed by atoms with Crippen LogP contribution in [0.2, 0.25) is 0 Å². The third kappa shape index (κ3) is 5.81. The van der Waals surface area contributed by atoms with Crippen molar-refractivity contribution in [3.8, 4) is 0 Å². The SMILES string of the molecule is CN=C(NCCCc1cccc(F)c1)N1CCC(N2CCCC2)C1.I. The highest BCUT2D eigenvalue weighted by atomic mass is 127. The number of benzene rings is 1. The Morgan fingerprint density at radius 1 is 1.28 bits per heavy atom. The number of aliphatic imine (C=N–C) groups is 1. The molecule has 25 heavy (non-hydrogen) atoms. The first-order valence-electron chi connectivity index (χ1n) is 9.20. The Morgan fingerprint density at radius 2 is 2.08 bits per heavy atom. The predicted molar refractivity (Wildman–Crippen MR) is 112 cm³/mol. The number of hydrogen-bond acceptors (Lipinski definition) is 2. The average Bonchev–Trinajstić information content (AvgIpc) is 3.26. The van der Waals surface area contributed by atoms with Crippen molar-refractivity contribution in [1.82, 2.24) is 15.1 Å². The van der Waals surface area contributed by atoms with Crippen molar-refractivity contribution in [2.75, 3.05) is 39.8 Å². The van der Waals surface area contributed by atoms with E-state index in [2.05, 4.69) is 20.1 Å². The maximum atomic E-state index is 13.2. The predicted octanol–water partition coefficient (Wildman–Crippen LogP) is 3.12. The van der Waals surface area contributed by atoms with Crippen LogP contribution in [0, 0.1) is 5.82 Å². The molecule has 2 aliphatic heterocycles. The normalized spacial score (nSPS) is 21.4. The van der Waals surface area contributed by atoms with E-state index in [9.17, 15) is 4.39 Å². The molecule has 1 aromatic rings. The summed E-state index contributed by atoms with van der Waals surface area (Å²) in [5, 5.41) is 3.47. The van der Waals surface area contributed by atoms with Crippen molar-refractivity contribution in [2.24, 2.45) is 4.99 Å². The van der Waals surface area contributed by atoms with Crippen LogP contribution >= 0.6 is 24.0 Å². The zero-order valence-corrected chi connectivity index (χ0v) is 17.4. The zero-order chi connectivity index (χ0) is 16.8. The molecule has 1 unspecified atom stereocenters. The highest BCUT2D eigenvalue weighted by molar-refractivity contribution is 14.0. The van der Waals surface area contributed by atoms with E-state index in [1.807, 2.05) is 13.1 Å². The summed E-state index contributed by atoms with van der Waals surface area (Å²) < 4.78 is 13.2. The average molecular weight is 460 g/mol. The number of hydrogen-bond donors (Lipinski definition) is 1. The van der Waals surface area contributed by atoms with Gasteiger partial charge in [0.1, 0.15) is 5.82 Å². The van der Waals surface area contributed by atoms with Crippen LogP contribution in [0.5, 0.6) is 0 Å². The summed E-state index contributed by atoms with van der Waals surface area (Å²) in [6.45, 7) is 5.57. The Bertz CT molecular complexity index is 560. The minimum Gasteiger partial charge on any atom is -0.356 e. The Balaban J connectivity index is 0.00000225. The van der Waals surface area contributed by atoms with Crippen LogP contribution < -0.4 is 5.32 Å². The second-order valence-corrected chi connectivity index (χ2v) is 6.84. The van der Waals surface area contributed by atoms with Gasteiger partial charge in [-0.3, -0.25) is 9.89 Å². The van der Waals surface area contributed by atoms with Crippen LogP contribution in [0.15, 0.2) is 29.3 Å². The fourth-order valence-corrected chi connectivity index (χ4v) is 3.86. The van der Waals surface area contributed by atoms with E-state index < -0.39 is 0 Å². The standard InChI is InChI=1S/C19H29FN4.HI/c1-21-19(22-10-5-7-16-6-4-8-17(20)14-16)24-13-9-18(15-24)23-11-2-3-12-23;/h4,6,8,14,18H,2-3,5,7,9-13,15H2,1H3,(H,21,22);1H. The van der Waals surface area contributed by atoms with Crippen LogP contribution in [0.4, 0.5) is 4.39 Å². The molecule has 1 atom stereocenters. The van der Waals surface area contributed by atoms with E-state index in [0.717, 1.165) is 44.0 Å². The fraction of sp³-hybridized carbons (Fsp3) is 0.632. The lowest BCUT2D eigenvalue weighted by Crippen LogP contribution is -2.43. The van der Waals surface area contributed by atoms with Crippen molar-refractivity contribution >= 4 is 29.9 Å². The van der Waals surface area contributed by atoms with E-state index in [1.54, 1.807) is 12.1 Å². The lowest BCUT2D eigenvalue weighted by atomic mass is 10.1. The second-order valence-electron chi connectivity index (χ2n) is 6.84. The summed E-state index contributed by atoms with van der Waals surface area (Å²) in [6.07, 6.45) is 5.81. The summed E-state index contributed by atoms with van der Waals surface area (Å²) >= 11 is 0. The molecule has 0 aliphatic carbocycles. The lowest BCUT2D eigenvalue weighted by molar-refractivity contribution is 0.249. The van der Waals surface area contributed by atoms with Crippen molar-refractivity contribution in [1.29, 1.82) is 0 Å². The summed E-state index contributed by atoms with van der Waals surface area (Å²) in [6, 6.07) is 7.57. The van der Waals surface area contributed by atoms with Gasteiger partial charge in [0.15, 0.2) is 5.96 Å². The van der Waals surface area contributed by atoms with E-state index in [4.69, 9.17) is 0 Å². The molecule has 6 heteroatoms. The highest BCUT2D eigenvalue weighted by Gasteiger charge is 2.30. The molecule has 0 bridgehead atoms. The number of aryl methyl sites for hydroxylation is 1. The smallest absolute Gasteiger partial charge is 0.193 e. The van der Waals surface area contributed by atoms with Gasteiger partial charge < -0.3 is 10.2 Å². The zero-order valence-electron chi connectivity index (χ0n) is 15.1. The Hall–Kier alpha value is -0.890. The first kappa shape index (κ1) is 20.4. The number of likely N-dealkylation sites (tertiary alicyclic amines) is 2. The summed E-state index contributed by atoms with van der Waals surface area (Å²) in [5.74, 6) is 0.859. The van der Waals surface area contributed by atoms with Gasteiger partial charge in [-0.25, -0.2) is 4.39 Å². The molecule has 2 aliphatic rings. The maximum absolute atomic E-state index is 13.2. The van der Waals surface area contributed by atoms with Gasteiger partial charge in [-0.2, -0.15) is 0 Å². The fourth-order valence-electron chi connectivity index (χ4n) is 3.86. The topological polar surface area (TPSA) is 30.9 Å². The van der Waals surface area contributed by atoms with Crippen LogP contribution in [0.25, 0.3) is 0 Å². The summed E-state index contributed by atoms with van der Waals surface area (Å²) in [5.41, 5.74) is 1.06. The molecule has 2 saturated heterocycles. The molecule has 0 radical (unpaired) electrons. The number of halogens is 2. The van der Waals surface area contributed by atoms with Crippen molar-refractivity contribution < 1.29 is 4.39 Å². The van der Waals surface area contributed by atoms with Gasteiger partial charge >= 0.3 is 0 Å². The Labute approximate surface area is 167 Å². The largest absolute Gasteiger partial charge is 0.356 e. The summed E-state index contributed by atoms with van der Waals surface area (Å²) in [7, 11) is 1.86. The van der Waals surface area contributed by atoms with Gasteiger partial charge in [0.25, 0.3) is 0 Å². The van der Waals surface area contributed by atoms with Gasteiger partial charge in [-0.15, -0.1) is 24.0 Å². The molecule has 1 N–H and O–H groups in total. The quantitative estimate of drug-likeness (QED) is 0.317. The maximum Gasteiger partial charge on any atom is 0.193 e. The van der Waals surface area contributed by atoms with Gasteiger partial charge in [-0.05, 0) is 62.9 Å². The first-order chi connectivity index (χ1) is 11.8. The molecule has 0 spiro atoms.